The molecule has 0 radical (unpaired) electrons. The minimum Gasteiger partial charge on any atom is -0.380 e. The van der Waals surface area contributed by atoms with E-state index >= 15 is 0 Å². The molecule has 0 fully saturated rings. The summed E-state index contributed by atoms with van der Waals surface area (Å²) in [5.74, 6) is 0.540. The normalized spacial score (nSPS) is 9.12. The van der Waals surface area contributed by atoms with Gasteiger partial charge >= 0.3 is 0 Å². The summed E-state index contributed by atoms with van der Waals surface area (Å²) in [5, 5.41) is 6.60. The predicted octanol–water partition coefficient (Wildman–Crippen LogP) is 1.28. The van der Waals surface area contributed by atoms with Crippen molar-refractivity contribution < 1.29 is 4.74 Å². The van der Waals surface area contributed by atoms with Crippen LogP contribution in [0.25, 0.3) is 0 Å². The highest BCUT2D eigenvalue weighted by Crippen LogP contribution is 1.80. The highest BCUT2D eigenvalue weighted by Gasteiger charge is 1.81. The topological polar surface area (TPSA) is 33.1 Å². The number of halogens is 1. The molecule has 0 atom stereocenters. The lowest BCUT2D eigenvalue weighted by atomic mass is 10.5. The first-order valence-electron chi connectivity index (χ1n) is 2.54. The van der Waals surface area contributed by atoms with Gasteiger partial charge in [0.1, 0.15) is 0 Å². The van der Waals surface area contributed by atoms with Crippen LogP contribution in [0.4, 0.5) is 0 Å². The maximum Gasteiger partial charge on any atom is 0.0601 e. The number of hydrogen-bond acceptors (Lipinski definition) is 2. The molecule has 0 heterocycles. The molecule has 3 heteroatoms. The Kier molecular flexibility index (Phi) is 6.85. The van der Waals surface area contributed by atoms with Crippen LogP contribution in [0, 0.1) is 5.41 Å². The Bertz CT molecular complexity index is 58.4. The lowest BCUT2D eigenvalue weighted by Gasteiger charge is -1.94. The standard InChI is InChI=1S/C5H10ClNO/c6-2-5-8-4-1-3-7/h3,7H,1-2,4-5H2. The molecule has 2 nitrogen and oxygen atoms in total. The van der Waals surface area contributed by atoms with Crippen LogP contribution in [0.1, 0.15) is 6.42 Å². The van der Waals surface area contributed by atoms with Crippen molar-refractivity contribution in [3.05, 3.63) is 0 Å². The maximum absolute atomic E-state index is 6.60. The van der Waals surface area contributed by atoms with E-state index in [1.807, 2.05) is 0 Å². The van der Waals surface area contributed by atoms with Crippen molar-refractivity contribution in [1.82, 2.24) is 0 Å². The van der Waals surface area contributed by atoms with Crippen LogP contribution in [0.5, 0.6) is 0 Å². The van der Waals surface area contributed by atoms with Gasteiger partial charge in [0.2, 0.25) is 0 Å². The van der Waals surface area contributed by atoms with Crippen LogP contribution in [-0.2, 0) is 4.74 Å². The summed E-state index contributed by atoms with van der Waals surface area (Å²) in [5.41, 5.74) is 0. The van der Waals surface area contributed by atoms with Crippen LogP contribution >= 0.6 is 11.6 Å². The quantitative estimate of drug-likeness (QED) is 0.344. The molecule has 0 amide bonds. The molecule has 0 aliphatic heterocycles. The molecule has 0 spiro atoms. The second kappa shape index (κ2) is 6.92. The molecule has 0 aromatic rings. The summed E-state index contributed by atoms with van der Waals surface area (Å²) in [6.07, 6.45) is 2.02. The monoisotopic (exact) mass is 135 g/mol. The first-order chi connectivity index (χ1) is 3.91. The summed E-state index contributed by atoms with van der Waals surface area (Å²) in [7, 11) is 0. The van der Waals surface area contributed by atoms with E-state index in [2.05, 4.69) is 0 Å². The van der Waals surface area contributed by atoms with Crippen molar-refractivity contribution in [3.63, 3.8) is 0 Å². The van der Waals surface area contributed by atoms with E-state index in [0.717, 1.165) is 0 Å². The largest absolute Gasteiger partial charge is 0.380 e. The van der Waals surface area contributed by atoms with Gasteiger partial charge in [0.15, 0.2) is 0 Å². The van der Waals surface area contributed by atoms with Gasteiger partial charge in [0, 0.05) is 12.3 Å². The molecule has 0 aromatic heterocycles. The molecule has 0 rings (SSSR count). The molecule has 0 unspecified atom stereocenters. The molecule has 0 aliphatic carbocycles. The first kappa shape index (κ1) is 7.92. The van der Waals surface area contributed by atoms with Gasteiger partial charge in [0.05, 0.1) is 13.2 Å². The number of hydrogen-bond donors (Lipinski definition) is 1. The predicted molar refractivity (Wildman–Crippen MR) is 34.9 cm³/mol. The van der Waals surface area contributed by atoms with Crippen LogP contribution in [0.3, 0.4) is 0 Å². The van der Waals surface area contributed by atoms with Crippen molar-refractivity contribution in [1.29, 1.82) is 5.41 Å². The molecule has 0 aromatic carbocycles. The van der Waals surface area contributed by atoms with Crippen LogP contribution in [0.2, 0.25) is 0 Å². The zero-order valence-corrected chi connectivity index (χ0v) is 5.45. The third kappa shape index (κ3) is 5.92. The van der Waals surface area contributed by atoms with Crippen LogP contribution in [0.15, 0.2) is 0 Å². The first-order valence-corrected chi connectivity index (χ1v) is 3.08. The summed E-state index contributed by atoms with van der Waals surface area (Å²) in [6.45, 7) is 1.21. The van der Waals surface area contributed by atoms with Crippen molar-refractivity contribution in [2.24, 2.45) is 0 Å². The lowest BCUT2D eigenvalue weighted by molar-refractivity contribution is 0.157. The Hall–Kier alpha value is -0.0800. The van der Waals surface area contributed by atoms with E-state index in [1.165, 1.54) is 6.21 Å². The third-order valence-electron chi connectivity index (χ3n) is 0.628. The highest BCUT2D eigenvalue weighted by atomic mass is 35.5. The van der Waals surface area contributed by atoms with Crippen LogP contribution < -0.4 is 0 Å². The zero-order chi connectivity index (χ0) is 6.24. The van der Waals surface area contributed by atoms with Crippen molar-refractivity contribution in [3.8, 4) is 0 Å². The van der Waals surface area contributed by atoms with E-state index in [-0.39, 0.29) is 0 Å². The average molecular weight is 136 g/mol. The SMILES string of the molecule is N=CCCOCCCl. The minimum atomic E-state index is 0.540. The molecule has 0 saturated heterocycles. The van der Waals surface area contributed by atoms with Gasteiger partial charge in [-0.1, -0.05) is 0 Å². The van der Waals surface area contributed by atoms with Crippen LogP contribution in [-0.4, -0.2) is 25.3 Å². The van der Waals surface area contributed by atoms with E-state index in [1.54, 1.807) is 0 Å². The second-order valence-corrected chi connectivity index (χ2v) is 1.67. The Morgan fingerprint density at radius 2 is 2.25 bits per heavy atom. The summed E-state index contributed by atoms with van der Waals surface area (Å²) in [4.78, 5) is 0. The van der Waals surface area contributed by atoms with E-state index in [0.29, 0.717) is 25.5 Å². The Morgan fingerprint density at radius 3 is 2.75 bits per heavy atom. The van der Waals surface area contributed by atoms with Gasteiger partial charge in [-0.3, -0.25) is 0 Å². The number of alkyl halides is 1. The smallest absolute Gasteiger partial charge is 0.0601 e. The van der Waals surface area contributed by atoms with Gasteiger partial charge in [-0.15, -0.1) is 11.6 Å². The van der Waals surface area contributed by atoms with Gasteiger partial charge in [-0.25, -0.2) is 0 Å². The number of nitrogens with one attached hydrogen (secondary N) is 1. The fourth-order valence-electron chi connectivity index (χ4n) is 0.299. The molecule has 0 aliphatic rings. The Balaban J connectivity index is 2.62. The van der Waals surface area contributed by atoms with Gasteiger partial charge in [-0.05, 0) is 6.21 Å². The van der Waals surface area contributed by atoms with Gasteiger partial charge in [0.25, 0.3) is 0 Å². The zero-order valence-electron chi connectivity index (χ0n) is 4.69. The van der Waals surface area contributed by atoms with E-state index < -0.39 is 0 Å². The van der Waals surface area contributed by atoms with Crippen molar-refractivity contribution >= 4 is 17.8 Å². The van der Waals surface area contributed by atoms with Crippen molar-refractivity contribution in [2.45, 2.75) is 6.42 Å². The third-order valence-corrected chi connectivity index (χ3v) is 0.782. The summed E-state index contributed by atoms with van der Waals surface area (Å²) in [6, 6.07) is 0. The minimum absolute atomic E-state index is 0.540. The molecule has 1 N–H and O–H groups in total. The summed E-state index contributed by atoms with van der Waals surface area (Å²) < 4.78 is 4.94. The fourth-order valence-corrected chi connectivity index (χ4v) is 0.408. The van der Waals surface area contributed by atoms with Gasteiger partial charge < -0.3 is 10.1 Å². The van der Waals surface area contributed by atoms with Gasteiger partial charge in [-0.2, -0.15) is 0 Å². The molecular formula is C5H10ClNO. The highest BCUT2D eigenvalue weighted by molar-refractivity contribution is 6.17. The fraction of sp³-hybridized carbons (Fsp3) is 0.800. The van der Waals surface area contributed by atoms with E-state index in [9.17, 15) is 0 Å². The summed E-state index contributed by atoms with van der Waals surface area (Å²) >= 11 is 5.30. The molecule has 0 bridgehead atoms. The second-order valence-electron chi connectivity index (χ2n) is 1.29. The Labute approximate surface area is 54.3 Å². The molecular weight excluding hydrogens is 126 g/mol. The Morgan fingerprint density at radius 1 is 1.50 bits per heavy atom. The number of rotatable bonds is 5. The molecule has 8 heavy (non-hydrogen) atoms. The number of ether oxygens (including phenoxy) is 1. The molecule has 0 saturated carbocycles. The average Bonchev–Trinajstić information content (AvgIpc) is 1.81. The molecule has 48 valence electrons. The maximum atomic E-state index is 6.60. The van der Waals surface area contributed by atoms with Crippen molar-refractivity contribution in [2.75, 3.05) is 19.1 Å². The van der Waals surface area contributed by atoms with E-state index in [4.69, 9.17) is 21.7 Å². The lowest BCUT2D eigenvalue weighted by Crippen LogP contribution is -1.97.